The highest BCUT2D eigenvalue weighted by atomic mass is 19.1. The lowest BCUT2D eigenvalue weighted by Crippen LogP contribution is -2.25. The van der Waals surface area contributed by atoms with E-state index in [1.807, 2.05) is 6.92 Å². The minimum Gasteiger partial charge on any atom is -0.490 e. The second-order valence-electron chi connectivity index (χ2n) is 7.11. The van der Waals surface area contributed by atoms with Crippen LogP contribution in [0.2, 0.25) is 0 Å². The van der Waals surface area contributed by atoms with Crippen molar-refractivity contribution >= 4 is 21.9 Å². The first kappa shape index (κ1) is 19.0. The maximum atomic E-state index is 14.9. The van der Waals surface area contributed by atoms with E-state index in [9.17, 15) is 8.78 Å². The molecule has 2 heterocycles. The van der Waals surface area contributed by atoms with Crippen molar-refractivity contribution < 1.29 is 27.4 Å². The average molecular weight is 390 g/mol. The minimum atomic E-state index is -0.627. The standard InChI is InChI=1S/C22H24F2O4/c1-2-3-11-26-17-9-7-15-16-8-10-18(27-13-14-6-4-5-12-25-14)20(24)22(16)28-21(15)19(17)23/h7-10,14H,2-6,11-13H2,1H3. The van der Waals surface area contributed by atoms with Gasteiger partial charge >= 0.3 is 0 Å². The highest BCUT2D eigenvalue weighted by molar-refractivity contribution is 6.06. The van der Waals surface area contributed by atoms with Crippen LogP contribution in [0, 0.1) is 11.6 Å². The average Bonchev–Trinajstić information content (AvgIpc) is 3.11. The van der Waals surface area contributed by atoms with Gasteiger partial charge in [0, 0.05) is 17.4 Å². The van der Waals surface area contributed by atoms with Gasteiger partial charge in [0.2, 0.25) is 11.6 Å². The van der Waals surface area contributed by atoms with E-state index in [4.69, 9.17) is 18.6 Å². The van der Waals surface area contributed by atoms with Gasteiger partial charge in [-0.2, -0.15) is 8.78 Å². The summed E-state index contributed by atoms with van der Waals surface area (Å²) >= 11 is 0. The second kappa shape index (κ2) is 8.35. The van der Waals surface area contributed by atoms with E-state index >= 15 is 0 Å². The van der Waals surface area contributed by atoms with Crippen LogP contribution in [0.4, 0.5) is 8.78 Å². The predicted molar refractivity (Wildman–Crippen MR) is 103 cm³/mol. The Balaban J connectivity index is 1.62. The van der Waals surface area contributed by atoms with E-state index in [1.165, 1.54) is 0 Å². The Morgan fingerprint density at radius 1 is 0.964 bits per heavy atom. The number of hydrogen-bond acceptors (Lipinski definition) is 4. The van der Waals surface area contributed by atoms with Gasteiger partial charge in [0.15, 0.2) is 22.7 Å². The van der Waals surface area contributed by atoms with E-state index in [1.54, 1.807) is 24.3 Å². The smallest absolute Gasteiger partial charge is 0.208 e. The highest BCUT2D eigenvalue weighted by Crippen LogP contribution is 2.38. The summed E-state index contributed by atoms with van der Waals surface area (Å²) in [5.41, 5.74) is -0.0164. The molecule has 0 amide bonds. The Morgan fingerprint density at radius 3 is 2.25 bits per heavy atom. The summed E-state index contributed by atoms with van der Waals surface area (Å²) in [6.07, 6.45) is 4.79. The maximum absolute atomic E-state index is 14.9. The molecule has 1 fully saturated rings. The molecule has 0 saturated carbocycles. The van der Waals surface area contributed by atoms with E-state index in [0.29, 0.717) is 24.0 Å². The maximum Gasteiger partial charge on any atom is 0.208 e. The summed E-state index contributed by atoms with van der Waals surface area (Å²) in [6, 6.07) is 6.50. The number of rotatable bonds is 7. The van der Waals surface area contributed by atoms with Crippen LogP contribution in [0.15, 0.2) is 28.7 Å². The zero-order valence-electron chi connectivity index (χ0n) is 15.9. The van der Waals surface area contributed by atoms with Crippen molar-refractivity contribution in [2.45, 2.75) is 45.1 Å². The summed E-state index contributed by atoms with van der Waals surface area (Å²) in [7, 11) is 0. The summed E-state index contributed by atoms with van der Waals surface area (Å²) in [5.74, 6) is -1.04. The van der Waals surface area contributed by atoms with Gasteiger partial charge in [-0.3, -0.25) is 0 Å². The zero-order chi connectivity index (χ0) is 19.5. The fourth-order valence-electron chi connectivity index (χ4n) is 3.47. The molecular formula is C22H24F2O4. The lowest BCUT2D eigenvalue weighted by atomic mass is 10.1. The molecule has 1 atom stereocenters. The number of unbranched alkanes of at least 4 members (excludes halogenated alkanes) is 1. The molecule has 0 aliphatic carbocycles. The van der Waals surface area contributed by atoms with Gasteiger partial charge in [-0.1, -0.05) is 13.3 Å². The molecule has 2 aromatic carbocycles. The van der Waals surface area contributed by atoms with Crippen LogP contribution < -0.4 is 9.47 Å². The van der Waals surface area contributed by atoms with Crippen molar-refractivity contribution in [2.24, 2.45) is 0 Å². The molecule has 3 aromatic rings. The van der Waals surface area contributed by atoms with Gasteiger partial charge in [-0.25, -0.2) is 0 Å². The van der Waals surface area contributed by atoms with Crippen LogP contribution in [0.5, 0.6) is 11.5 Å². The number of ether oxygens (including phenoxy) is 3. The van der Waals surface area contributed by atoms with Crippen molar-refractivity contribution in [3.8, 4) is 11.5 Å². The molecule has 4 rings (SSSR count). The van der Waals surface area contributed by atoms with Crippen LogP contribution in [0.1, 0.15) is 39.0 Å². The molecule has 0 N–H and O–H groups in total. The fourth-order valence-corrected chi connectivity index (χ4v) is 3.47. The van der Waals surface area contributed by atoms with Gasteiger partial charge in [0.05, 0.1) is 12.7 Å². The van der Waals surface area contributed by atoms with E-state index in [0.717, 1.165) is 32.1 Å². The lowest BCUT2D eigenvalue weighted by molar-refractivity contribution is -0.0117. The van der Waals surface area contributed by atoms with Crippen LogP contribution in [-0.4, -0.2) is 25.9 Å². The largest absolute Gasteiger partial charge is 0.490 e. The Morgan fingerprint density at radius 2 is 1.64 bits per heavy atom. The monoisotopic (exact) mass is 390 g/mol. The topological polar surface area (TPSA) is 40.8 Å². The summed E-state index contributed by atoms with van der Waals surface area (Å²) in [5, 5.41) is 1.02. The van der Waals surface area contributed by atoms with Crippen molar-refractivity contribution in [1.82, 2.24) is 0 Å². The first-order chi connectivity index (χ1) is 13.7. The number of halogens is 2. The third-order valence-corrected chi connectivity index (χ3v) is 5.07. The van der Waals surface area contributed by atoms with Crippen LogP contribution in [-0.2, 0) is 4.74 Å². The Bertz CT molecular complexity index is 960. The third-order valence-electron chi connectivity index (χ3n) is 5.07. The molecule has 1 aliphatic heterocycles. The van der Waals surface area contributed by atoms with Gasteiger partial charge in [-0.15, -0.1) is 0 Å². The number of benzene rings is 2. The molecular weight excluding hydrogens is 366 g/mol. The third kappa shape index (κ3) is 3.65. The predicted octanol–water partition coefficient (Wildman–Crippen LogP) is 5.99. The Hall–Kier alpha value is -2.34. The Kier molecular flexibility index (Phi) is 5.67. The zero-order valence-corrected chi connectivity index (χ0v) is 15.9. The van der Waals surface area contributed by atoms with E-state index < -0.39 is 11.6 Å². The summed E-state index contributed by atoms with van der Waals surface area (Å²) in [4.78, 5) is 0. The quantitative estimate of drug-likeness (QED) is 0.465. The van der Waals surface area contributed by atoms with Crippen molar-refractivity contribution in [3.05, 3.63) is 35.9 Å². The molecule has 6 heteroatoms. The fraction of sp³-hybridized carbons (Fsp3) is 0.455. The SMILES string of the molecule is CCCCOc1ccc2c(oc3c(F)c(OCC4CCCCO4)ccc32)c1F. The van der Waals surface area contributed by atoms with Crippen molar-refractivity contribution in [1.29, 1.82) is 0 Å². The van der Waals surface area contributed by atoms with Gasteiger partial charge < -0.3 is 18.6 Å². The van der Waals surface area contributed by atoms with Crippen molar-refractivity contribution in [3.63, 3.8) is 0 Å². The molecule has 0 bridgehead atoms. The molecule has 0 spiro atoms. The van der Waals surface area contributed by atoms with Gasteiger partial charge in [-0.05, 0) is 49.9 Å². The molecule has 1 unspecified atom stereocenters. The van der Waals surface area contributed by atoms with Gasteiger partial charge in [0.25, 0.3) is 0 Å². The number of furan rings is 1. The lowest BCUT2D eigenvalue weighted by Gasteiger charge is -2.22. The van der Waals surface area contributed by atoms with E-state index in [-0.39, 0.29) is 35.4 Å². The van der Waals surface area contributed by atoms with E-state index in [2.05, 4.69) is 0 Å². The van der Waals surface area contributed by atoms with Crippen LogP contribution in [0.25, 0.3) is 21.9 Å². The molecule has 150 valence electrons. The minimum absolute atomic E-state index is 0.00402. The van der Waals surface area contributed by atoms with Crippen LogP contribution in [0.3, 0.4) is 0 Å². The number of fused-ring (bicyclic) bond motifs is 3. The molecule has 0 radical (unpaired) electrons. The molecule has 28 heavy (non-hydrogen) atoms. The summed E-state index contributed by atoms with van der Waals surface area (Å²) < 4.78 is 52.0. The first-order valence-corrected chi connectivity index (χ1v) is 9.89. The molecule has 1 aliphatic rings. The van der Waals surface area contributed by atoms with Crippen molar-refractivity contribution in [2.75, 3.05) is 19.8 Å². The second-order valence-corrected chi connectivity index (χ2v) is 7.11. The molecule has 1 saturated heterocycles. The molecule has 1 aromatic heterocycles. The Labute approximate surface area is 162 Å². The normalized spacial score (nSPS) is 17.3. The first-order valence-electron chi connectivity index (χ1n) is 9.89. The molecule has 4 nitrogen and oxygen atoms in total. The number of hydrogen-bond donors (Lipinski definition) is 0. The van der Waals surface area contributed by atoms with Gasteiger partial charge in [0.1, 0.15) is 6.61 Å². The summed E-state index contributed by atoms with van der Waals surface area (Å²) in [6.45, 7) is 3.45. The highest BCUT2D eigenvalue weighted by Gasteiger charge is 2.21. The van der Waals surface area contributed by atoms with Crippen LogP contribution >= 0.6 is 0 Å².